The van der Waals surface area contributed by atoms with E-state index < -0.39 is 0 Å². The third-order valence-corrected chi connectivity index (χ3v) is 3.19. The van der Waals surface area contributed by atoms with Gasteiger partial charge in [0.1, 0.15) is 0 Å². The molecule has 2 aromatic heterocycles. The first-order valence-corrected chi connectivity index (χ1v) is 6.06. The minimum absolute atomic E-state index is 0.811. The molecule has 3 aromatic rings. The molecular formula is C15H15N3. The van der Waals surface area contributed by atoms with Crippen molar-refractivity contribution in [3.05, 3.63) is 60.6 Å². The van der Waals surface area contributed by atoms with E-state index in [4.69, 9.17) is 5.73 Å². The number of aryl methyl sites for hydroxylation is 2. The summed E-state index contributed by atoms with van der Waals surface area (Å²) >= 11 is 0. The first-order chi connectivity index (χ1) is 8.83. The molecular weight excluding hydrogens is 222 g/mol. The molecule has 1 aromatic carbocycles. The van der Waals surface area contributed by atoms with E-state index in [9.17, 15) is 0 Å². The van der Waals surface area contributed by atoms with E-state index in [0.717, 1.165) is 18.7 Å². The standard InChI is InChI=1S/C15H15N3/c16-14-2-1-13-6-10-18(15(13)11-14)9-5-12-3-7-17-8-4-12/h1-4,6-8,10-11H,5,9,16H2. The Balaban J connectivity index is 1.85. The van der Waals surface area contributed by atoms with Gasteiger partial charge in [0.15, 0.2) is 0 Å². The summed E-state index contributed by atoms with van der Waals surface area (Å²) in [5, 5.41) is 1.24. The predicted molar refractivity (Wildman–Crippen MR) is 74.3 cm³/mol. The number of aromatic nitrogens is 2. The molecule has 0 aliphatic rings. The average Bonchev–Trinajstić information content (AvgIpc) is 2.80. The van der Waals surface area contributed by atoms with Crippen LogP contribution < -0.4 is 5.73 Å². The Morgan fingerprint density at radius 2 is 1.89 bits per heavy atom. The quantitative estimate of drug-likeness (QED) is 0.712. The molecule has 0 bridgehead atoms. The predicted octanol–water partition coefficient (Wildman–Crippen LogP) is 2.86. The molecule has 18 heavy (non-hydrogen) atoms. The molecule has 0 atom stereocenters. The molecule has 0 aliphatic carbocycles. The van der Waals surface area contributed by atoms with E-state index in [1.165, 1.54) is 16.5 Å². The van der Waals surface area contributed by atoms with Crippen LogP contribution in [0.4, 0.5) is 5.69 Å². The number of anilines is 1. The van der Waals surface area contributed by atoms with Crippen LogP contribution in [0.3, 0.4) is 0 Å². The van der Waals surface area contributed by atoms with Gasteiger partial charge in [-0.3, -0.25) is 4.98 Å². The van der Waals surface area contributed by atoms with Gasteiger partial charge in [-0.2, -0.15) is 0 Å². The normalized spacial score (nSPS) is 10.9. The SMILES string of the molecule is Nc1ccc2ccn(CCc3ccncc3)c2c1. The number of fused-ring (bicyclic) bond motifs is 1. The number of nitrogens with zero attached hydrogens (tertiary/aromatic N) is 2. The smallest absolute Gasteiger partial charge is 0.0501 e. The summed E-state index contributed by atoms with van der Waals surface area (Å²) in [5.74, 6) is 0. The van der Waals surface area contributed by atoms with Crippen molar-refractivity contribution < 1.29 is 0 Å². The topological polar surface area (TPSA) is 43.8 Å². The number of pyridine rings is 1. The van der Waals surface area contributed by atoms with Gasteiger partial charge in [-0.05, 0) is 47.7 Å². The fourth-order valence-electron chi connectivity index (χ4n) is 2.19. The van der Waals surface area contributed by atoms with Gasteiger partial charge in [0.25, 0.3) is 0 Å². The lowest BCUT2D eigenvalue weighted by atomic mass is 10.2. The van der Waals surface area contributed by atoms with Crippen molar-refractivity contribution in [1.29, 1.82) is 0 Å². The third kappa shape index (κ3) is 2.07. The molecule has 0 aliphatic heterocycles. The second-order valence-electron chi connectivity index (χ2n) is 4.43. The fourth-order valence-corrected chi connectivity index (χ4v) is 2.19. The molecule has 0 spiro atoms. The molecule has 3 heteroatoms. The van der Waals surface area contributed by atoms with Gasteiger partial charge in [-0.25, -0.2) is 0 Å². The second kappa shape index (κ2) is 4.53. The van der Waals surface area contributed by atoms with Crippen molar-refractivity contribution in [2.24, 2.45) is 0 Å². The van der Waals surface area contributed by atoms with Crippen molar-refractivity contribution in [3.8, 4) is 0 Å². The second-order valence-corrected chi connectivity index (χ2v) is 4.43. The monoisotopic (exact) mass is 237 g/mol. The minimum Gasteiger partial charge on any atom is -0.399 e. The molecule has 90 valence electrons. The van der Waals surface area contributed by atoms with Gasteiger partial charge >= 0.3 is 0 Å². The van der Waals surface area contributed by atoms with Gasteiger partial charge in [0.05, 0.1) is 5.52 Å². The van der Waals surface area contributed by atoms with Gasteiger partial charge < -0.3 is 10.3 Å². The van der Waals surface area contributed by atoms with Crippen LogP contribution in [0.15, 0.2) is 55.0 Å². The van der Waals surface area contributed by atoms with E-state index in [0.29, 0.717) is 0 Å². The van der Waals surface area contributed by atoms with E-state index in [1.807, 2.05) is 24.5 Å². The Morgan fingerprint density at radius 1 is 1.06 bits per heavy atom. The lowest BCUT2D eigenvalue weighted by Gasteiger charge is -2.06. The van der Waals surface area contributed by atoms with E-state index >= 15 is 0 Å². The number of hydrogen-bond donors (Lipinski definition) is 1. The summed E-state index contributed by atoms with van der Waals surface area (Å²) in [7, 11) is 0. The number of nitrogen functional groups attached to an aromatic ring is 1. The van der Waals surface area contributed by atoms with Crippen LogP contribution in [0.2, 0.25) is 0 Å². The molecule has 2 N–H and O–H groups in total. The molecule has 0 radical (unpaired) electrons. The third-order valence-electron chi connectivity index (χ3n) is 3.19. The average molecular weight is 237 g/mol. The Hall–Kier alpha value is -2.29. The highest BCUT2D eigenvalue weighted by Gasteiger charge is 2.01. The van der Waals surface area contributed by atoms with Gasteiger partial charge in [-0.1, -0.05) is 6.07 Å². The maximum Gasteiger partial charge on any atom is 0.0501 e. The zero-order chi connectivity index (χ0) is 12.4. The summed E-state index contributed by atoms with van der Waals surface area (Å²) in [4.78, 5) is 4.03. The van der Waals surface area contributed by atoms with Gasteiger partial charge in [0.2, 0.25) is 0 Å². The number of hydrogen-bond acceptors (Lipinski definition) is 2. The molecule has 0 amide bonds. The van der Waals surface area contributed by atoms with E-state index in [-0.39, 0.29) is 0 Å². The Kier molecular flexibility index (Phi) is 2.73. The van der Waals surface area contributed by atoms with Crippen LogP contribution >= 0.6 is 0 Å². The lowest BCUT2D eigenvalue weighted by molar-refractivity contribution is 0.722. The van der Waals surface area contributed by atoms with Crippen LogP contribution in [0.5, 0.6) is 0 Å². The van der Waals surface area contributed by atoms with Crippen molar-refractivity contribution in [3.63, 3.8) is 0 Å². The summed E-state index contributed by atoms with van der Waals surface area (Å²) < 4.78 is 2.24. The van der Waals surface area contributed by atoms with Crippen molar-refractivity contribution in [2.45, 2.75) is 13.0 Å². The molecule has 0 unspecified atom stereocenters. The molecule has 0 saturated carbocycles. The zero-order valence-electron chi connectivity index (χ0n) is 10.1. The summed E-state index contributed by atoms with van der Waals surface area (Å²) in [6.45, 7) is 0.955. The highest BCUT2D eigenvalue weighted by atomic mass is 14.9. The molecule has 2 heterocycles. The highest BCUT2D eigenvalue weighted by molar-refractivity contribution is 5.83. The van der Waals surface area contributed by atoms with E-state index in [2.05, 4.69) is 40.0 Å². The lowest BCUT2D eigenvalue weighted by Crippen LogP contribution is -2.00. The van der Waals surface area contributed by atoms with Crippen molar-refractivity contribution >= 4 is 16.6 Å². The van der Waals surface area contributed by atoms with Crippen molar-refractivity contribution in [2.75, 3.05) is 5.73 Å². The summed E-state index contributed by atoms with van der Waals surface area (Å²) in [5.41, 5.74) is 9.15. The highest BCUT2D eigenvalue weighted by Crippen LogP contribution is 2.19. The molecule has 3 nitrogen and oxygen atoms in total. The van der Waals surface area contributed by atoms with Crippen LogP contribution in [0.25, 0.3) is 10.9 Å². The first kappa shape index (κ1) is 10.8. The first-order valence-electron chi connectivity index (χ1n) is 6.06. The fraction of sp³-hybridized carbons (Fsp3) is 0.133. The van der Waals surface area contributed by atoms with Crippen LogP contribution in [0.1, 0.15) is 5.56 Å². The van der Waals surface area contributed by atoms with E-state index in [1.54, 1.807) is 0 Å². The van der Waals surface area contributed by atoms with Crippen LogP contribution in [0, 0.1) is 0 Å². The largest absolute Gasteiger partial charge is 0.399 e. The maximum absolute atomic E-state index is 5.84. The van der Waals surface area contributed by atoms with Gasteiger partial charge in [-0.15, -0.1) is 0 Å². The minimum atomic E-state index is 0.811. The Labute approximate surface area is 106 Å². The number of benzene rings is 1. The number of nitrogens with two attached hydrogens (primary N) is 1. The molecule has 0 saturated heterocycles. The summed E-state index contributed by atoms with van der Waals surface area (Å²) in [6.07, 6.45) is 6.79. The maximum atomic E-state index is 5.84. The van der Waals surface area contributed by atoms with Crippen LogP contribution in [-0.2, 0) is 13.0 Å². The van der Waals surface area contributed by atoms with Crippen molar-refractivity contribution in [1.82, 2.24) is 9.55 Å². The number of rotatable bonds is 3. The summed E-state index contributed by atoms with van der Waals surface area (Å²) in [6, 6.07) is 12.3. The Bertz CT molecular complexity index is 656. The Morgan fingerprint density at radius 3 is 2.72 bits per heavy atom. The zero-order valence-corrected chi connectivity index (χ0v) is 10.1. The van der Waals surface area contributed by atoms with Crippen LogP contribution in [-0.4, -0.2) is 9.55 Å². The molecule has 3 rings (SSSR count). The van der Waals surface area contributed by atoms with Gasteiger partial charge in [0, 0.05) is 30.8 Å². The molecule has 0 fully saturated rings.